The molecule has 204 valence electrons. The number of carboxylic acid groups (broad SMARTS) is 1. The van der Waals surface area contributed by atoms with Gasteiger partial charge in [0.25, 0.3) is 0 Å². The second-order valence-corrected chi connectivity index (χ2v) is 11.3. The van der Waals surface area contributed by atoms with Crippen LogP contribution in [0.3, 0.4) is 0 Å². The van der Waals surface area contributed by atoms with Gasteiger partial charge >= 0.3 is 12.1 Å². The number of aliphatic carboxylic acids is 1. The van der Waals surface area contributed by atoms with E-state index in [-0.39, 0.29) is 36.8 Å². The first kappa shape index (κ1) is 29.2. The maximum absolute atomic E-state index is 16.2. The molecule has 2 aromatic rings. The maximum Gasteiger partial charge on any atom is 0.404 e. The van der Waals surface area contributed by atoms with Crippen molar-refractivity contribution in [3.63, 3.8) is 0 Å². The Labute approximate surface area is 217 Å². The highest BCUT2D eigenvalue weighted by atomic mass is 19.4. The minimum Gasteiger partial charge on any atom is -0.479 e. The normalized spacial score (nSPS) is 20.8. The number of halogens is 4. The first-order chi connectivity index (χ1) is 17.2. The maximum atomic E-state index is 16.2. The molecule has 0 spiro atoms. The number of carbonyl (C=O) groups is 1. The summed E-state index contributed by atoms with van der Waals surface area (Å²) in [6.07, 6.45) is -3.09. The largest absolute Gasteiger partial charge is 0.479 e. The van der Waals surface area contributed by atoms with Gasteiger partial charge in [0.1, 0.15) is 6.04 Å². The number of alkyl halides is 4. The van der Waals surface area contributed by atoms with Crippen molar-refractivity contribution < 1.29 is 27.5 Å². The molecule has 1 N–H and O–H groups in total. The third-order valence-electron chi connectivity index (χ3n) is 7.31. The molecule has 0 bridgehead atoms. The highest BCUT2D eigenvalue weighted by Crippen LogP contribution is 2.44. The summed E-state index contributed by atoms with van der Waals surface area (Å²) in [7, 11) is 0. The van der Waals surface area contributed by atoms with E-state index in [2.05, 4.69) is 0 Å². The molecule has 3 nitrogen and oxygen atoms in total. The van der Waals surface area contributed by atoms with Crippen molar-refractivity contribution in [2.75, 3.05) is 6.54 Å². The summed E-state index contributed by atoms with van der Waals surface area (Å²) in [4.78, 5) is 13.7. The summed E-state index contributed by atoms with van der Waals surface area (Å²) < 4.78 is 58.6. The Bertz CT molecular complexity index is 1060. The van der Waals surface area contributed by atoms with E-state index in [0.29, 0.717) is 30.4 Å². The number of nitrogens with zero attached hydrogens (tertiary/aromatic N) is 1. The van der Waals surface area contributed by atoms with E-state index in [0.717, 1.165) is 11.1 Å². The molecule has 1 fully saturated rings. The molecule has 3 atom stereocenters. The second kappa shape index (κ2) is 11.5. The van der Waals surface area contributed by atoms with Gasteiger partial charge in [-0.15, -0.1) is 0 Å². The van der Waals surface area contributed by atoms with E-state index in [1.165, 1.54) is 11.0 Å². The Hall–Kier alpha value is -2.41. The lowest BCUT2D eigenvalue weighted by Gasteiger charge is -2.43. The average Bonchev–Trinajstić information content (AvgIpc) is 2.81. The van der Waals surface area contributed by atoms with Crippen LogP contribution in [0.2, 0.25) is 0 Å². The van der Waals surface area contributed by atoms with Crippen molar-refractivity contribution in [2.24, 2.45) is 11.8 Å². The lowest BCUT2D eigenvalue weighted by molar-refractivity contribution is -0.200. The lowest BCUT2D eigenvalue weighted by Crippen LogP contribution is -2.50. The molecule has 2 aromatic carbocycles. The summed E-state index contributed by atoms with van der Waals surface area (Å²) in [6, 6.07) is 10.3. The number of hydrogen-bond acceptors (Lipinski definition) is 2. The van der Waals surface area contributed by atoms with Gasteiger partial charge in [-0.05, 0) is 86.2 Å². The molecule has 3 unspecified atom stereocenters. The summed E-state index contributed by atoms with van der Waals surface area (Å²) >= 11 is 0. The van der Waals surface area contributed by atoms with Crippen LogP contribution in [0.25, 0.3) is 11.1 Å². The lowest BCUT2D eigenvalue weighted by atomic mass is 9.82. The van der Waals surface area contributed by atoms with E-state index in [1.807, 2.05) is 51.1 Å². The number of hydrogen-bond donors (Lipinski definition) is 1. The third kappa shape index (κ3) is 6.92. The molecule has 1 aliphatic heterocycles. The topological polar surface area (TPSA) is 40.5 Å². The van der Waals surface area contributed by atoms with Crippen molar-refractivity contribution in [1.29, 1.82) is 0 Å². The molecule has 3 rings (SSSR count). The molecule has 1 heterocycles. The Balaban J connectivity index is 2.20. The molecule has 37 heavy (non-hydrogen) atoms. The van der Waals surface area contributed by atoms with Crippen LogP contribution in [0.15, 0.2) is 42.5 Å². The Morgan fingerprint density at radius 3 is 2.16 bits per heavy atom. The molecule has 1 saturated heterocycles. The summed E-state index contributed by atoms with van der Waals surface area (Å²) in [5.74, 6) is -1.59. The zero-order chi connectivity index (χ0) is 27.5. The summed E-state index contributed by atoms with van der Waals surface area (Å²) in [6.45, 7) is 9.68. The van der Waals surface area contributed by atoms with Crippen molar-refractivity contribution in [3.8, 4) is 11.1 Å². The van der Waals surface area contributed by atoms with Crippen LogP contribution in [0.4, 0.5) is 17.6 Å². The molecule has 0 aliphatic carbocycles. The minimum atomic E-state index is -4.38. The van der Waals surface area contributed by atoms with Crippen LogP contribution >= 0.6 is 0 Å². The van der Waals surface area contributed by atoms with Crippen molar-refractivity contribution in [1.82, 2.24) is 4.90 Å². The number of carboxylic acids is 1. The van der Waals surface area contributed by atoms with Crippen LogP contribution in [-0.2, 0) is 10.5 Å². The Morgan fingerprint density at radius 1 is 0.973 bits per heavy atom. The fourth-order valence-electron chi connectivity index (χ4n) is 5.36. The number of benzene rings is 2. The van der Waals surface area contributed by atoms with Gasteiger partial charge in [-0.1, -0.05) is 63.6 Å². The van der Waals surface area contributed by atoms with E-state index >= 15 is 4.39 Å². The predicted molar refractivity (Wildman–Crippen MR) is 139 cm³/mol. The van der Waals surface area contributed by atoms with Crippen molar-refractivity contribution in [3.05, 3.63) is 59.2 Å². The zero-order valence-electron chi connectivity index (χ0n) is 22.4. The molecule has 0 radical (unpaired) electrons. The zero-order valence-corrected chi connectivity index (χ0v) is 22.4. The second-order valence-electron chi connectivity index (χ2n) is 11.3. The quantitative estimate of drug-likeness (QED) is 0.337. The van der Waals surface area contributed by atoms with Crippen LogP contribution in [0.1, 0.15) is 82.5 Å². The first-order valence-electron chi connectivity index (χ1n) is 13.2. The number of piperidine rings is 1. The fraction of sp³-hybridized carbons (Fsp3) is 0.567. The van der Waals surface area contributed by atoms with Gasteiger partial charge in [0, 0.05) is 11.6 Å². The molecule has 0 amide bonds. The molecular weight excluding hydrogens is 482 g/mol. The van der Waals surface area contributed by atoms with Crippen molar-refractivity contribution in [2.45, 2.75) is 90.7 Å². The standard InChI is InChI=1S/C30H39F4NO2/c1-19(2)13-14-35-26(7-6-8-27(35)30(32,33)34)24-15-23(22-11-9-21(5)10-12-22)16-25(17-24)29(31,28(36)37)18-20(3)4/h9-12,15-17,19-20,26-27H,6-8,13-14,18H2,1-5H3,(H,36,37). The van der Waals surface area contributed by atoms with Crippen molar-refractivity contribution >= 4 is 5.97 Å². The van der Waals surface area contributed by atoms with Gasteiger partial charge in [-0.2, -0.15) is 13.2 Å². The molecule has 1 aliphatic rings. The summed E-state index contributed by atoms with van der Waals surface area (Å²) in [5, 5.41) is 9.95. The number of rotatable bonds is 9. The average molecular weight is 522 g/mol. The van der Waals surface area contributed by atoms with Crippen LogP contribution < -0.4 is 0 Å². The Kier molecular flexibility index (Phi) is 9.10. The highest BCUT2D eigenvalue weighted by Gasteiger charge is 2.48. The van der Waals surface area contributed by atoms with Gasteiger partial charge in [-0.3, -0.25) is 4.90 Å². The summed E-state index contributed by atoms with van der Waals surface area (Å²) in [5.41, 5.74) is 0.285. The van der Waals surface area contributed by atoms with E-state index in [9.17, 15) is 23.1 Å². The monoisotopic (exact) mass is 521 g/mol. The smallest absolute Gasteiger partial charge is 0.404 e. The number of likely N-dealkylation sites (tertiary alicyclic amines) is 1. The van der Waals surface area contributed by atoms with Crippen LogP contribution in [-0.4, -0.2) is 34.7 Å². The van der Waals surface area contributed by atoms with Crippen LogP contribution in [0, 0.1) is 18.8 Å². The number of aryl methyl sites for hydroxylation is 1. The van der Waals surface area contributed by atoms with E-state index in [1.54, 1.807) is 19.9 Å². The molecule has 7 heteroatoms. The molecular formula is C30H39F4NO2. The highest BCUT2D eigenvalue weighted by molar-refractivity contribution is 5.80. The minimum absolute atomic E-state index is 0.0142. The van der Waals surface area contributed by atoms with E-state index in [4.69, 9.17) is 0 Å². The molecule has 0 aromatic heterocycles. The molecule has 0 saturated carbocycles. The van der Waals surface area contributed by atoms with Gasteiger partial charge in [0.05, 0.1) is 0 Å². The van der Waals surface area contributed by atoms with Crippen LogP contribution in [0.5, 0.6) is 0 Å². The Morgan fingerprint density at radius 2 is 1.62 bits per heavy atom. The van der Waals surface area contributed by atoms with Gasteiger partial charge in [0.2, 0.25) is 5.67 Å². The first-order valence-corrected chi connectivity index (χ1v) is 13.2. The van der Waals surface area contributed by atoms with E-state index < -0.39 is 29.9 Å². The SMILES string of the molecule is Cc1ccc(-c2cc(C3CCCC(C(F)(F)F)N3CCC(C)C)cc(C(F)(CC(C)C)C(=O)O)c2)cc1. The van der Waals surface area contributed by atoms with Gasteiger partial charge < -0.3 is 5.11 Å². The predicted octanol–water partition coefficient (Wildman–Crippen LogP) is 8.46. The van der Waals surface area contributed by atoms with Gasteiger partial charge in [0.15, 0.2) is 0 Å². The third-order valence-corrected chi connectivity index (χ3v) is 7.31. The fourth-order valence-corrected chi connectivity index (χ4v) is 5.36. The van der Waals surface area contributed by atoms with Gasteiger partial charge in [-0.25, -0.2) is 9.18 Å².